The molecule has 1 saturated heterocycles. The van der Waals surface area contributed by atoms with Gasteiger partial charge in [-0.2, -0.15) is 0 Å². The summed E-state index contributed by atoms with van der Waals surface area (Å²) in [7, 11) is 1.59. The predicted molar refractivity (Wildman–Crippen MR) is 74.6 cm³/mol. The van der Waals surface area contributed by atoms with Crippen LogP contribution in [0.4, 0.5) is 0 Å². The van der Waals surface area contributed by atoms with Crippen molar-refractivity contribution in [3.63, 3.8) is 0 Å². The van der Waals surface area contributed by atoms with E-state index in [-0.39, 0.29) is 5.91 Å². The summed E-state index contributed by atoms with van der Waals surface area (Å²) >= 11 is 0. The van der Waals surface area contributed by atoms with Crippen molar-refractivity contribution in [3.8, 4) is 0 Å². The molecule has 2 N–H and O–H groups in total. The first-order valence-corrected chi connectivity index (χ1v) is 6.83. The van der Waals surface area contributed by atoms with Gasteiger partial charge in [-0.3, -0.25) is 4.79 Å². The molecule has 1 aliphatic heterocycles. The molecule has 1 amide bonds. The van der Waals surface area contributed by atoms with Gasteiger partial charge in [-0.05, 0) is 30.9 Å². The van der Waals surface area contributed by atoms with E-state index >= 15 is 0 Å². The molecule has 0 aliphatic carbocycles. The summed E-state index contributed by atoms with van der Waals surface area (Å²) in [5, 5.41) is 0. The summed E-state index contributed by atoms with van der Waals surface area (Å²) in [6.07, 6.45) is 1.50. The van der Waals surface area contributed by atoms with Crippen molar-refractivity contribution in [1.82, 2.24) is 4.90 Å². The van der Waals surface area contributed by atoms with Crippen molar-refractivity contribution >= 4 is 5.91 Å². The molecule has 19 heavy (non-hydrogen) atoms. The van der Waals surface area contributed by atoms with Gasteiger partial charge in [0.1, 0.15) is 0 Å². The molecule has 4 heteroatoms. The fourth-order valence-corrected chi connectivity index (χ4v) is 2.56. The number of methoxy groups -OCH3 is 1. The lowest BCUT2D eigenvalue weighted by molar-refractivity contribution is -0.143. The number of nitrogens with two attached hydrogens (primary N) is 1. The lowest BCUT2D eigenvalue weighted by Crippen LogP contribution is -2.42. The number of amides is 1. The Balaban J connectivity index is 2.02. The van der Waals surface area contributed by atoms with Gasteiger partial charge in [-0.15, -0.1) is 0 Å². The van der Waals surface area contributed by atoms with Gasteiger partial charge in [0.25, 0.3) is 5.91 Å². The van der Waals surface area contributed by atoms with Gasteiger partial charge in [-0.1, -0.05) is 30.3 Å². The molecule has 1 heterocycles. The number of likely N-dealkylation sites (tertiary alicyclic amines) is 1. The SMILES string of the molecule is COC(C(=O)N1CCC(CN)CC1)c1ccccc1. The average Bonchev–Trinajstić information content (AvgIpc) is 2.49. The van der Waals surface area contributed by atoms with Gasteiger partial charge in [0, 0.05) is 20.2 Å². The van der Waals surface area contributed by atoms with Crippen molar-refractivity contribution < 1.29 is 9.53 Å². The predicted octanol–water partition coefficient (Wildman–Crippen LogP) is 1.57. The zero-order valence-corrected chi connectivity index (χ0v) is 11.4. The second kappa shape index (κ2) is 6.68. The molecule has 0 aromatic heterocycles. The smallest absolute Gasteiger partial charge is 0.256 e. The third-order valence-electron chi connectivity index (χ3n) is 3.82. The average molecular weight is 262 g/mol. The molecular formula is C15H22N2O2. The van der Waals surface area contributed by atoms with Crippen LogP contribution in [0.2, 0.25) is 0 Å². The van der Waals surface area contributed by atoms with E-state index in [0.717, 1.165) is 31.5 Å². The van der Waals surface area contributed by atoms with Gasteiger partial charge in [0.15, 0.2) is 6.10 Å². The van der Waals surface area contributed by atoms with Crippen molar-refractivity contribution in [3.05, 3.63) is 35.9 Å². The molecule has 0 bridgehead atoms. The zero-order chi connectivity index (χ0) is 13.7. The Kier molecular flexibility index (Phi) is 4.93. The van der Waals surface area contributed by atoms with Crippen LogP contribution in [0.3, 0.4) is 0 Å². The number of carbonyl (C=O) groups excluding carboxylic acids is 1. The molecule has 1 aromatic rings. The van der Waals surface area contributed by atoms with Crippen LogP contribution in [0.1, 0.15) is 24.5 Å². The molecule has 0 spiro atoms. The van der Waals surface area contributed by atoms with Gasteiger partial charge in [0.05, 0.1) is 0 Å². The van der Waals surface area contributed by atoms with E-state index in [0.29, 0.717) is 12.5 Å². The molecule has 0 radical (unpaired) electrons. The Bertz CT molecular complexity index is 400. The summed E-state index contributed by atoms with van der Waals surface area (Å²) in [5.41, 5.74) is 6.59. The molecule has 4 nitrogen and oxygen atoms in total. The zero-order valence-electron chi connectivity index (χ0n) is 11.4. The number of hydrogen-bond acceptors (Lipinski definition) is 3. The van der Waals surface area contributed by atoms with Gasteiger partial charge < -0.3 is 15.4 Å². The van der Waals surface area contributed by atoms with Crippen molar-refractivity contribution in [2.24, 2.45) is 11.7 Å². The summed E-state index contributed by atoms with van der Waals surface area (Å²) in [5.74, 6) is 0.617. The highest BCUT2D eigenvalue weighted by Gasteiger charge is 2.28. The Labute approximate surface area is 114 Å². The number of piperidine rings is 1. The number of hydrogen-bond donors (Lipinski definition) is 1. The number of benzene rings is 1. The maximum absolute atomic E-state index is 12.5. The first kappa shape index (κ1) is 14.0. The van der Waals surface area contributed by atoms with Crippen LogP contribution in [0.15, 0.2) is 30.3 Å². The number of rotatable bonds is 4. The lowest BCUT2D eigenvalue weighted by atomic mass is 9.96. The molecule has 2 rings (SSSR count). The largest absolute Gasteiger partial charge is 0.367 e. The highest BCUT2D eigenvalue weighted by Crippen LogP contribution is 2.23. The highest BCUT2D eigenvalue weighted by atomic mass is 16.5. The van der Waals surface area contributed by atoms with Crippen molar-refractivity contribution in [2.75, 3.05) is 26.7 Å². The fraction of sp³-hybridized carbons (Fsp3) is 0.533. The Hall–Kier alpha value is -1.39. The van der Waals surface area contributed by atoms with Crippen molar-refractivity contribution in [1.29, 1.82) is 0 Å². The fourth-order valence-electron chi connectivity index (χ4n) is 2.56. The van der Waals surface area contributed by atoms with Crippen LogP contribution in [-0.2, 0) is 9.53 Å². The van der Waals surface area contributed by atoms with Crippen LogP contribution in [0.5, 0.6) is 0 Å². The third kappa shape index (κ3) is 3.33. The second-order valence-electron chi connectivity index (χ2n) is 5.03. The van der Waals surface area contributed by atoms with Gasteiger partial charge >= 0.3 is 0 Å². The van der Waals surface area contributed by atoms with E-state index in [2.05, 4.69) is 0 Å². The molecule has 1 unspecified atom stereocenters. The minimum absolute atomic E-state index is 0.0594. The maximum Gasteiger partial charge on any atom is 0.256 e. The Morgan fingerprint density at radius 3 is 2.53 bits per heavy atom. The number of carbonyl (C=O) groups is 1. The normalized spacial score (nSPS) is 18.3. The molecular weight excluding hydrogens is 240 g/mol. The molecule has 1 fully saturated rings. The summed E-state index contributed by atoms with van der Waals surface area (Å²) in [4.78, 5) is 14.4. The Morgan fingerprint density at radius 1 is 1.37 bits per heavy atom. The van der Waals surface area contributed by atoms with Crippen LogP contribution in [-0.4, -0.2) is 37.6 Å². The van der Waals surface area contributed by atoms with Crippen LogP contribution >= 0.6 is 0 Å². The standard InChI is InChI=1S/C15H22N2O2/c1-19-14(13-5-3-2-4-6-13)15(18)17-9-7-12(11-16)8-10-17/h2-6,12,14H,7-11,16H2,1H3. The molecule has 1 atom stereocenters. The minimum atomic E-state index is -0.490. The monoisotopic (exact) mass is 262 g/mol. The van der Waals surface area contributed by atoms with Gasteiger partial charge in [0.2, 0.25) is 0 Å². The summed E-state index contributed by atoms with van der Waals surface area (Å²) < 4.78 is 5.39. The molecule has 1 aromatic carbocycles. The molecule has 0 saturated carbocycles. The van der Waals surface area contributed by atoms with E-state index in [9.17, 15) is 4.79 Å². The molecule has 104 valence electrons. The highest BCUT2D eigenvalue weighted by molar-refractivity contribution is 5.82. The van der Waals surface area contributed by atoms with E-state index in [1.54, 1.807) is 7.11 Å². The molecule has 1 aliphatic rings. The summed E-state index contributed by atoms with van der Waals surface area (Å²) in [6.45, 7) is 2.29. The quantitative estimate of drug-likeness (QED) is 0.896. The van der Waals surface area contributed by atoms with Crippen molar-refractivity contribution in [2.45, 2.75) is 18.9 Å². The minimum Gasteiger partial charge on any atom is -0.367 e. The number of nitrogens with zero attached hydrogens (tertiary/aromatic N) is 1. The van der Waals surface area contributed by atoms with E-state index in [1.807, 2.05) is 35.2 Å². The number of ether oxygens (including phenoxy) is 1. The summed E-state index contributed by atoms with van der Waals surface area (Å²) in [6, 6.07) is 9.65. The third-order valence-corrected chi connectivity index (χ3v) is 3.82. The maximum atomic E-state index is 12.5. The van der Waals surface area contributed by atoms with E-state index < -0.39 is 6.10 Å². The van der Waals surface area contributed by atoms with E-state index in [4.69, 9.17) is 10.5 Å². The second-order valence-corrected chi connectivity index (χ2v) is 5.03. The first-order valence-electron chi connectivity index (χ1n) is 6.83. The van der Waals surface area contributed by atoms with Crippen LogP contribution in [0.25, 0.3) is 0 Å². The first-order chi connectivity index (χ1) is 9.26. The van der Waals surface area contributed by atoms with Crippen LogP contribution in [0, 0.1) is 5.92 Å². The topological polar surface area (TPSA) is 55.6 Å². The Morgan fingerprint density at radius 2 is 2.00 bits per heavy atom. The van der Waals surface area contributed by atoms with E-state index in [1.165, 1.54) is 0 Å². The van der Waals surface area contributed by atoms with Gasteiger partial charge in [-0.25, -0.2) is 0 Å². The van der Waals surface area contributed by atoms with Crippen LogP contribution < -0.4 is 5.73 Å². The lowest BCUT2D eigenvalue weighted by Gasteiger charge is -2.33.